The van der Waals surface area contributed by atoms with E-state index in [0.717, 1.165) is 6.26 Å². The molecule has 0 radical (unpaired) electrons. The van der Waals surface area contributed by atoms with E-state index in [4.69, 9.17) is 4.74 Å². The SMILES string of the molecule is COc1ccccc1NS(=O)(=O)c1ccc(C(=O)NCc2ccccc2NS(C)(=O)=O)cc1. The molecule has 174 valence electrons. The van der Waals surface area contributed by atoms with Crippen LogP contribution < -0.4 is 19.5 Å². The summed E-state index contributed by atoms with van der Waals surface area (Å²) in [6.07, 6.45) is 1.04. The highest BCUT2D eigenvalue weighted by Gasteiger charge is 2.17. The van der Waals surface area contributed by atoms with E-state index in [2.05, 4.69) is 14.8 Å². The first kappa shape index (κ1) is 24.1. The second-order valence-electron chi connectivity index (χ2n) is 7.04. The fourth-order valence-electron chi connectivity index (χ4n) is 2.97. The molecule has 9 nitrogen and oxygen atoms in total. The van der Waals surface area contributed by atoms with Crippen molar-refractivity contribution in [3.8, 4) is 5.75 Å². The topological polar surface area (TPSA) is 131 Å². The van der Waals surface area contributed by atoms with Gasteiger partial charge < -0.3 is 10.1 Å². The average Bonchev–Trinajstić information content (AvgIpc) is 2.77. The van der Waals surface area contributed by atoms with Crippen molar-refractivity contribution in [3.05, 3.63) is 83.9 Å². The number of carbonyl (C=O) groups excluding carboxylic acids is 1. The third kappa shape index (κ3) is 6.46. The van der Waals surface area contributed by atoms with Crippen molar-refractivity contribution in [2.75, 3.05) is 22.8 Å². The van der Waals surface area contributed by atoms with E-state index in [0.29, 0.717) is 22.7 Å². The molecule has 3 N–H and O–H groups in total. The van der Waals surface area contributed by atoms with Gasteiger partial charge in [-0.25, -0.2) is 16.8 Å². The van der Waals surface area contributed by atoms with Gasteiger partial charge >= 0.3 is 0 Å². The lowest BCUT2D eigenvalue weighted by Gasteiger charge is -2.13. The molecule has 1 amide bonds. The first-order chi connectivity index (χ1) is 15.6. The Bertz CT molecular complexity index is 1350. The summed E-state index contributed by atoms with van der Waals surface area (Å²) >= 11 is 0. The maximum Gasteiger partial charge on any atom is 0.262 e. The van der Waals surface area contributed by atoms with Gasteiger partial charge in [-0.2, -0.15) is 0 Å². The lowest BCUT2D eigenvalue weighted by Crippen LogP contribution is -2.24. The smallest absolute Gasteiger partial charge is 0.262 e. The quantitative estimate of drug-likeness (QED) is 0.424. The van der Waals surface area contributed by atoms with Gasteiger partial charge in [0.05, 0.1) is 29.6 Å². The van der Waals surface area contributed by atoms with Gasteiger partial charge in [0.15, 0.2) is 0 Å². The molecule has 0 bridgehead atoms. The molecule has 0 aliphatic heterocycles. The Labute approximate surface area is 192 Å². The minimum atomic E-state index is -3.89. The zero-order valence-corrected chi connectivity index (χ0v) is 19.5. The Morgan fingerprint density at radius 3 is 2.06 bits per heavy atom. The molecule has 3 aromatic rings. The average molecular weight is 490 g/mol. The maximum absolute atomic E-state index is 12.7. The van der Waals surface area contributed by atoms with E-state index in [1.807, 2.05) is 0 Å². The van der Waals surface area contributed by atoms with Crippen molar-refractivity contribution < 1.29 is 26.4 Å². The van der Waals surface area contributed by atoms with Crippen molar-refractivity contribution in [3.63, 3.8) is 0 Å². The number of nitrogens with one attached hydrogen (secondary N) is 3. The van der Waals surface area contributed by atoms with Crippen molar-refractivity contribution in [1.82, 2.24) is 5.32 Å². The summed E-state index contributed by atoms with van der Waals surface area (Å²) in [6, 6.07) is 18.7. The number of para-hydroxylation sites is 3. The zero-order valence-electron chi connectivity index (χ0n) is 17.9. The summed E-state index contributed by atoms with van der Waals surface area (Å²) < 4.78 is 58.4. The van der Waals surface area contributed by atoms with E-state index < -0.39 is 26.0 Å². The minimum Gasteiger partial charge on any atom is -0.495 e. The predicted octanol–water partition coefficient (Wildman–Crippen LogP) is 2.80. The number of ether oxygens (including phenoxy) is 1. The van der Waals surface area contributed by atoms with Crippen LogP contribution in [0, 0.1) is 0 Å². The third-order valence-corrected chi connectivity index (χ3v) is 6.50. The number of carbonyl (C=O) groups is 1. The molecule has 3 rings (SSSR count). The van der Waals surface area contributed by atoms with Crippen LogP contribution in [0.15, 0.2) is 77.7 Å². The fourth-order valence-corrected chi connectivity index (χ4v) is 4.64. The molecule has 11 heteroatoms. The molecule has 3 aromatic carbocycles. The number of methoxy groups -OCH3 is 1. The third-order valence-electron chi connectivity index (χ3n) is 4.53. The van der Waals surface area contributed by atoms with Crippen molar-refractivity contribution >= 4 is 37.3 Å². The number of hydrogen-bond donors (Lipinski definition) is 3. The summed E-state index contributed by atoms with van der Waals surface area (Å²) in [5.41, 5.74) is 1.49. The van der Waals surface area contributed by atoms with Gasteiger partial charge in [-0.1, -0.05) is 30.3 Å². The Kier molecular flexibility index (Phi) is 7.24. The predicted molar refractivity (Wildman–Crippen MR) is 126 cm³/mol. The summed E-state index contributed by atoms with van der Waals surface area (Å²) in [5.74, 6) is -0.0616. The number of anilines is 2. The van der Waals surface area contributed by atoms with Crippen LogP contribution in [0.25, 0.3) is 0 Å². The lowest BCUT2D eigenvalue weighted by atomic mass is 10.1. The molecule has 0 fully saturated rings. The van der Waals surface area contributed by atoms with Gasteiger partial charge in [0, 0.05) is 12.1 Å². The maximum atomic E-state index is 12.7. The molecule has 0 aromatic heterocycles. The molecule has 0 unspecified atom stereocenters. The molecule has 0 heterocycles. The van der Waals surface area contributed by atoms with Gasteiger partial charge in [0.25, 0.3) is 15.9 Å². The Morgan fingerprint density at radius 2 is 1.42 bits per heavy atom. The second kappa shape index (κ2) is 9.92. The number of amides is 1. The van der Waals surface area contributed by atoms with E-state index >= 15 is 0 Å². The monoisotopic (exact) mass is 489 g/mol. The van der Waals surface area contributed by atoms with Crippen LogP contribution in [-0.2, 0) is 26.6 Å². The minimum absolute atomic E-state index is 0.0207. The molecule has 0 aliphatic carbocycles. The standard InChI is InChI=1S/C22H23N3O6S2/c1-31-21-10-6-5-9-20(21)25-33(29,30)18-13-11-16(12-14-18)22(26)23-15-17-7-3-4-8-19(17)24-32(2,27)28/h3-14,24-25H,15H2,1-2H3,(H,23,26). The van der Waals surface area contributed by atoms with Crippen LogP contribution in [0.4, 0.5) is 11.4 Å². The highest BCUT2D eigenvalue weighted by Crippen LogP contribution is 2.26. The summed E-state index contributed by atoms with van der Waals surface area (Å²) in [4.78, 5) is 12.5. The van der Waals surface area contributed by atoms with Gasteiger partial charge in [-0.05, 0) is 48.0 Å². The molecule has 0 saturated heterocycles. The van der Waals surface area contributed by atoms with Crippen molar-refractivity contribution in [1.29, 1.82) is 0 Å². The number of rotatable bonds is 9. The summed E-state index contributed by atoms with van der Waals surface area (Å²) in [7, 11) is -5.92. The number of hydrogen-bond acceptors (Lipinski definition) is 6. The first-order valence-electron chi connectivity index (χ1n) is 9.69. The van der Waals surface area contributed by atoms with Crippen molar-refractivity contribution in [2.24, 2.45) is 0 Å². The molecule has 33 heavy (non-hydrogen) atoms. The molecular formula is C22H23N3O6S2. The summed E-state index contributed by atoms with van der Waals surface area (Å²) in [5, 5.41) is 2.70. The Balaban J connectivity index is 1.70. The van der Waals surface area contributed by atoms with Crippen LogP contribution in [0.2, 0.25) is 0 Å². The van der Waals surface area contributed by atoms with E-state index in [-0.39, 0.29) is 17.0 Å². The van der Waals surface area contributed by atoms with Gasteiger partial charge in [-0.3, -0.25) is 14.2 Å². The Hall–Kier alpha value is -3.57. The van der Waals surface area contributed by atoms with Crippen molar-refractivity contribution in [2.45, 2.75) is 11.4 Å². The van der Waals surface area contributed by atoms with Crippen LogP contribution >= 0.6 is 0 Å². The number of sulfonamides is 2. The van der Waals surface area contributed by atoms with E-state index in [1.165, 1.54) is 31.4 Å². The van der Waals surface area contributed by atoms with Crippen LogP contribution in [0.3, 0.4) is 0 Å². The molecule has 0 aliphatic rings. The largest absolute Gasteiger partial charge is 0.495 e. The Morgan fingerprint density at radius 1 is 0.818 bits per heavy atom. The van der Waals surface area contributed by atoms with Crippen LogP contribution in [0.5, 0.6) is 5.75 Å². The fraction of sp³-hybridized carbons (Fsp3) is 0.136. The number of benzene rings is 3. The molecular weight excluding hydrogens is 466 g/mol. The first-order valence-corrected chi connectivity index (χ1v) is 13.1. The lowest BCUT2D eigenvalue weighted by molar-refractivity contribution is 0.0951. The normalized spacial score (nSPS) is 11.5. The zero-order chi connectivity index (χ0) is 24.1. The second-order valence-corrected chi connectivity index (χ2v) is 10.5. The van der Waals surface area contributed by atoms with E-state index in [1.54, 1.807) is 48.5 Å². The van der Waals surface area contributed by atoms with Crippen LogP contribution in [0.1, 0.15) is 15.9 Å². The van der Waals surface area contributed by atoms with Crippen LogP contribution in [-0.4, -0.2) is 36.1 Å². The van der Waals surface area contributed by atoms with Gasteiger partial charge in [0.2, 0.25) is 10.0 Å². The highest BCUT2D eigenvalue weighted by molar-refractivity contribution is 7.92. The molecule has 0 saturated carbocycles. The highest BCUT2D eigenvalue weighted by atomic mass is 32.2. The van der Waals surface area contributed by atoms with Gasteiger partial charge in [-0.15, -0.1) is 0 Å². The molecule has 0 spiro atoms. The van der Waals surface area contributed by atoms with Gasteiger partial charge in [0.1, 0.15) is 5.75 Å². The van der Waals surface area contributed by atoms with E-state index in [9.17, 15) is 21.6 Å². The molecule has 0 atom stereocenters. The summed E-state index contributed by atoms with van der Waals surface area (Å²) in [6.45, 7) is 0.0763.